The van der Waals surface area contributed by atoms with Crippen molar-refractivity contribution >= 4 is 5.97 Å². The minimum atomic E-state index is -0.516. The maximum atomic E-state index is 13.0. The molecule has 3 aromatic rings. The molecular formula is C21H19FN2O5. The van der Waals surface area contributed by atoms with Crippen LogP contribution in [-0.4, -0.2) is 35.4 Å². The molecule has 1 atom stereocenters. The summed E-state index contributed by atoms with van der Waals surface area (Å²) in [6.07, 6.45) is 2.20. The largest absolute Gasteiger partial charge is 0.491 e. The summed E-state index contributed by atoms with van der Waals surface area (Å²) in [7, 11) is 0. The summed E-state index contributed by atoms with van der Waals surface area (Å²) in [6.45, 7) is 1.12. The third kappa shape index (κ3) is 4.97. The van der Waals surface area contributed by atoms with Crippen molar-refractivity contribution in [2.24, 2.45) is 0 Å². The van der Waals surface area contributed by atoms with Gasteiger partial charge >= 0.3 is 5.97 Å². The highest BCUT2D eigenvalue weighted by Crippen LogP contribution is 2.18. The number of aromatic nitrogens is 2. The Morgan fingerprint density at radius 1 is 1.14 bits per heavy atom. The average Bonchev–Trinajstić information content (AvgIpc) is 3.44. The number of hydrogen-bond acceptors (Lipinski definition) is 7. The van der Waals surface area contributed by atoms with Crippen molar-refractivity contribution in [3.63, 3.8) is 0 Å². The van der Waals surface area contributed by atoms with Crippen molar-refractivity contribution in [2.75, 3.05) is 13.2 Å². The molecular weight excluding hydrogens is 379 g/mol. The number of hydrogen-bond donors (Lipinski definition) is 0. The van der Waals surface area contributed by atoms with Crippen LogP contribution < -0.4 is 4.74 Å². The molecule has 0 spiro atoms. The van der Waals surface area contributed by atoms with Crippen LogP contribution in [0, 0.1) is 5.82 Å². The van der Waals surface area contributed by atoms with E-state index in [4.69, 9.17) is 18.7 Å². The van der Waals surface area contributed by atoms with E-state index in [1.807, 2.05) is 0 Å². The predicted molar refractivity (Wildman–Crippen MR) is 99.7 cm³/mol. The van der Waals surface area contributed by atoms with E-state index in [-0.39, 0.29) is 24.4 Å². The van der Waals surface area contributed by atoms with E-state index in [2.05, 4.69) is 10.1 Å². The van der Waals surface area contributed by atoms with E-state index in [0.717, 1.165) is 19.4 Å². The third-order valence-electron chi connectivity index (χ3n) is 4.45. The SMILES string of the molecule is O=C(OCc1nc(-c2ccc(F)cc2)no1)c1ccc(OC[C@H]2CCCO2)cc1. The highest BCUT2D eigenvalue weighted by Gasteiger charge is 2.16. The molecule has 2 aromatic carbocycles. The number of benzene rings is 2. The van der Waals surface area contributed by atoms with Crippen LogP contribution in [0.1, 0.15) is 29.1 Å². The Kier molecular flexibility index (Phi) is 5.81. The fourth-order valence-electron chi connectivity index (χ4n) is 2.89. The molecule has 2 heterocycles. The number of carbonyl (C=O) groups excluding carboxylic acids is 1. The maximum absolute atomic E-state index is 13.0. The zero-order valence-electron chi connectivity index (χ0n) is 15.5. The second-order valence-corrected chi connectivity index (χ2v) is 6.57. The zero-order valence-corrected chi connectivity index (χ0v) is 15.5. The Morgan fingerprint density at radius 2 is 1.93 bits per heavy atom. The molecule has 0 unspecified atom stereocenters. The van der Waals surface area contributed by atoms with Crippen LogP contribution in [0.5, 0.6) is 5.75 Å². The van der Waals surface area contributed by atoms with Gasteiger partial charge in [-0.25, -0.2) is 9.18 Å². The van der Waals surface area contributed by atoms with Crippen LogP contribution >= 0.6 is 0 Å². The second-order valence-electron chi connectivity index (χ2n) is 6.57. The van der Waals surface area contributed by atoms with E-state index < -0.39 is 5.97 Å². The fourth-order valence-corrected chi connectivity index (χ4v) is 2.89. The smallest absolute Gasteiger partial charge is 0.338 e. The van der Waals surface area contributed by atoms with Crippen LogP contribution in [0.25, 0.3) is 11.4 Å². The lowest BCUT2D eigenvalue weighted by Gasteiger charge is -2.11. The van der Waals surface area contributed by atoms with Gasteiger partial charge in [-0.05, 0) is 61.4 Å². The van der Waals surface area contributed by atoms with Gasteiger partial charge in [-0.15, -0.1) is 0 Å². The van der Waals surface area contributed by atoms with Crippen LogP contribution in [0.4, 0.5) is 4.39 Å². The zero-order chi connectivity index (χ0) is 20.1. The van der Waals surface area contributed by atoms with Gasteiger partial charge in [0.25, 0.3) is 5.89 Å². The Balaban J connectivity index is 1.28. The molecule has 8 heteroatoms. The monoisotopic (exact) mass is 398 g/mol. The van der Waals surface area contributed by atoms with Crippen molar-refractivity contribution in [2.45, 2.75) is 25.6 Å². The lowest BCUT2D eigenvalue weighted by atomic mass is 10.2. The summed E-state index contributed by atoms with van der Waals surface area (Å²) in [5.74, 6) is 0.239. The molecule has 1 aromatic heterocycles. The summed E-state index contributed by atoms with van der Waals surface area (Å²) in [5.41, 5.74) is 0.985. The molecule has 29 heavy (non-hydrogen) atoms. The topological polar surface area (TPSA) is 83.7 Å². The van der Waals surface area contributed by atoms with Crippen molar-refractivity contribution in [1.29, 1.82) is 0 Å². The van der Waals surface area contributed by atoms with Gasteiger partial charge < -0.3 is 18.7 Å². The quantitative estimate of drug-likeness (QED) is 0.560. The molecule has 1 saturated heterocycles. The lowest BCUT2D eigenvalue weighted by Crippen LogP contribution is -2.16. The van der Waals surface area contributed by atoms with Crippen LogP contribution in [0.3, 0.4) is 0 Å². The molecule has 1 aliphatic rings. The van der Waals surface area contributed by atoms with E-state index in [9.17, 15) is 9.18 Å². The second kappa shape index (κ2) is 8.83. The van der Waals surface area contributed by atoms with Crippen LogP contribution in [0.15, 0.2) is 53.1 Å². The average molecular weight is 398 g/mol. The maximum Gasteiger partial charge on any atom is 0.338 e. The van der Waals surface area contributed by atoms with Gasteiger partial charge in [0.2, 0.25) is 5.82 Å². The molecule has 1 aliphatic heterocycles. The van der Waals surface area contributed by atoms with Crippen molar-refractivity contribution in [3.8, 4) is 17.1 Å². The van der Waals surface area contributed by atoms with Gasteiger partial charge in [0.15, 0.2) is 6.61 Å². The summed E-state index contributed by atoms with van der Waals surface area (Å²) < 4.78 is 34.4. The predicted octanol–water partition coefficient (Wildman–Crippen LogP) is 3.79. The van der Waals surface area contributed by atoms with Crippen LogP contribution in [0.2, 0.25) is 0 Å². The van der Waals surface area contributed by atoms with Crippen molar-refractivity contribution < 1.29 is 27.9 Å². The first kappa shape index (κ1) is 19.1. The van der Waals surface area contributed by atoms with E-state index in [0.29, 0.717) is 29.3 Å². The van der Waals surface area contributed by atoms with E-state index >= 15 is 0 Å². The summed E-state index contributed by atoms with van der Waals surface area (Å²) >= 11 is 0. The Bertz CT molecular complexity index is 950. The molecule has 0 saturated carbocycles. The standard InChI is InChI=1S/C21H19FN2O5/c22-16-7-3-14(4-8-16)20-23-19(29-24-20)13-28-21(25)15-5-9-17(10-6-15)27-12-18-2-1-11-26-18/h3-10,18H,1-2,11-13H2/t18-/m1/s1. The van der Waals surface area contributed by atoms with Crippen molar-refractivity contribution in [3.05, 3.63) is 65.8 Å². The first-order valence-corrected chi connectivity index (χ1v) is 9.27. The normalized spacial score (nSPS) is 16.0. The first-order chi connectivity index (χ1) is 14.2. The molecule has 0 bridgehead atoms. The number of ether oxygens (including phenoxy) is 3. The third-order valence-corrected chi connectivity index (χ3v) is 4.45. The summed E-state index contributed by atoms with van der Waals surface area (Å²) in [6, 6.07) is 12.4. The summed E-state index contributed by atoms with van der Waals surface area (Å²) in [4.78, 5) is 16.3. The number of carbonyl (C=O) groups is 1. The van der Waals surface area contributed by atoms with Crippen molar-refractivity contribution in [1.82, 2.24) is 10.1 Å². The number of rotatable bonds is 7. The van der Waals surface area contributed by atoms with Crippen LogP contribution in [-0.2, 0) is 16.1 Å². The van der Waals surface area contributed by atoms with Gasteiger partial charge in [0, 0.05) is 12.2 Å². The molecule has 0 N–H and O–H groups in total. The molecule has 150 valence electrons. The number of nitrogens with zero attached hydrogens (tertiary/aromatic N) is 2. The Morgan fingerprint density at radius 3 is 2.66 bits per heavy atom. The van der Waals surface area contributed by atoms with E-state index in [1.165, 1.54) is 12.1 Å². The minimum Gasteiger partial charge on any atom is -0.491 e. The fraction of sp³-hybridized carbons (Fsp3) is 0.286. The highest BCUT2D eigenvalue weighted by molar-refractivity contribution is 5.89. The lowest BCUT2D eigenvalue weighted by molar-refractivity contribution is 0.0429. The minimum absolute atomic E-state index is 0.133. The van der Waals surface area contributed by atoms with Gasteiger partial charge in [-0.1, -0.05) is 5.16 Å². The number of esters is 1. The molecule has 7 nitrogen and oxygen atoms in total. The van der Waals surface area contributed by atoms with Gasteiger partial charge in [0.05, 0.1) is 11.7 Å². The first-order valence-electron chi connectivity index (χ1n) is 9.27. The molecule has 4 rings (SSSR count). The molecule has 0 radical (unpaired) electrons. The molecule has 0 aliphatic carbocycles. The molecule has 0 amide bonds. The summed E-state index contributed by atoms with van der Waals surface area (Å²) in [5, 5.41) is 3.80. The Labute approximate surface area is 166 Å². The number of halogens is 1. The van der Waals surface area contributed by atoms with E-state index in [1.54, 1.807) is 36.4 Å². The molecule has 1 fully saturated rings. The van der Waals surface area contributed by atoms with Gasteiger partial charge in [0.1, 0.15) is 18.2 Å². The van der Waals surface area contributed by atoms with Gasteiger partial charge in [-0.3, -0.25) is 0 Å². The highest BCUT2D eigenvalue weighted by atomic mass is 19.1. The van der Waals surface area contributed by atoms with Gasteiger partial charge in [-0.2, -0.15) is 4.98 Å². The Hall–Kier alpha value is -3.26.